The van der Waals surface area contributed by atoms with Crippen molar-refractivity contribution in [2.45, 2.75) is 50.8 Å². The van der Waals surface area contributed by atoms with Crippen LogP contribution >= 0.6 is 7.75 Å². The number of nitrogens with zero attached hydrogens (tertiary/aromatic N) is 4. The molecule has 15 nitrogen and oxygen atoms in total. The molecule has 0 saturated carbocycles. The Bertz CT molecular complexity index is 1000. The van der Waals surface area contributed by atoms with Crippen LogP contribution in [0.1, 0.15) is 26.5 Å². The zero-order valence-electron chi connectivity index (χ0n) is 18.4. The summed E-state index contributed by atoms with van der Waals surface area (Å²) in [5.74, 6) is -0.543. The van der Waals surface area contributed by atoms with Gasteiger partial charge in [0.15, 0.2) is 17.7 Å². The molecule has 16 heteroatoms. The molecule has 1 fully saturated rings. The maximum Gasteiger partial charge on any atom is 0.403 e. The summed E-state index contributed by atoms with van der Waals surface area (Å²) in [4.78, 5) is 34.0. The lowest BCUT2D eigenvalue weighted by atomic mass is 10.1. The van der Waals surface area contributed by atoms with E-state index in [0.717, 1.165) is 0 Å². The Morgan fingerprint density at radius 3 is 2.67 bits per heavy atom. The molecule has 33 heavy (non-hydrogen) atoms. The summed E-state index contributed by atoms with van der Waals surface area (Å²) in [6.07, 6.45) is -2.33. The topological polar surface area (TPSA) is 239 Å². The number of hydrogen-bond donors (Lipinski definition) is 6. The van der Waals surface area contributed by atoms with Crippen molar-refractivity contribution in [2.75, 3.05) is 19.5 Å². The number of hydrogen-bond acceptors (Lipinski definition) is 12. The minimum Gasteiger partial charge on any atom is -0.468 e. The van der Waals surface area contributed by atoms with Crippen LogP contribution in [0.3, 0.4) is 0 Å². The van der Waals surface area contributed by atoms with Crippen LogP contribution in [0.2, 0.25) is 0 Å². The molecular formula is C17H30N7O8P. The predicted octanol–water partition coefficient (Wildman–Crippen LogP) is -0.516. The van der Waals surface area contributed by atoms with Gasteiger partial charge in [-0.2, -0.15) is 0 Å². The van der Waals surface area contributed by atoms with Gasteiger partial charge >= 0.3 is 13.7 Å². The molecule has 0 bridgehead atoms. The quantitative estimate of drug-likeness (QED) is 0.191. The first-order valence-electron chi connectivity index (χ1n) is 9.81. The second-order valence-corrected chi connectivity index (χ2v) is 9.34. The van der Waals surface area contributed by atoms with E-state index < -0.39 is 50.9 Å². The van der Waals surface area contributed by atoms with Crippen molar-refractivity contribution in [3.05, 3.63) is 12.7 Å². The third kappa shape index (κ3) is 6.02. The number of ether oxygens (including phenoxy) is 2. The maximum atomic E-state index is 12.5. The molecule has 3 heterocycles. The van der Waals surface area contributed by atoms with Gasteiger partial charge in [-0.1, -0.05) is 13.8 Å². The van der Waals surface area contributed by atoms with Gasteiger partial charge in [-0.05, 0) is 12.3 Å². The average molecular weight is 491 g/mol. The Morgan fingerprint density at radius 2 is 2.03 bits per heavy atom. The molecule has 1 saturated heterocycles. The minimum absolute atomic E-state index is 0. The summed E-state index contributed by atoms with van der Waals surface area (Å²) < 4.78 is 29.2. The predicted molar refractivity (Wildman–Crippen MR) is 115 cm³/mol. The lowest BCUT2D eigenvalue weighted by molar-refractivity contribution is -0.143. The average Bonchev–Trinajstić information content (AvgIpc) is 3.27. The number of aromatic nitrogens is 4. The number of nitrogens with two attached hydrogens (primary N) is 1. The maximum absolute atomic E-state index is 12.5. The molecule has 2 aromatic heterocycles. The van der Waals surface area contributed by atoms with E-state index in [1.54, 1.807) is 0 Å². The van der Waals surface area contributed by atoms with Gasteiger partial charge in [-0.15, -0.1) is 0 Å². The van der Waals surface area contributed by atoms with Crippen LogP contribution in [0.5, 0.6) is 0 Å². The number of anilines is 1. The summed E-state index contributed by atoms with van der Waals surface area (Å²) in [6, 6.07) is -1.06. The number of methoxy groups -OCH3 is 1. The lowest BCUT2D eigenvalue weighted by Crippen LogP contribution is -2.38. The molecule has 0 amide bonds. The van der Waals surface area contributed by atoms with Crippen molar-refractivity contribution in [3.8, 4) is 0 Å². The van der Waals surface area contributed by atoms with E-state index in [4.69, 9.17) is 15.0 Å². The number of nitrogens with one attached hydrogen (secondary N) is 1. The molecule has 1 aliphatic heterocycles. The fraction of sp³-hybridized carbons (Fsp3) is 0.647. The van der Waals surface area contributed by atoms with Gasteiger partial charge in [-0.3, -0.25) is 13.9 Å². The fourth-order valence-electron chi connectivity index (χ4n) is 3.38. The molecule has 0 spiro atoms. The largest absolute Gasteiger partial charge is 0.468 e. The van der Waals surface area contributed by atoms with Crippen LogP contribution in [-0.4, -0.2) is 78.7 Å². The monoisotopic (exact) mass is 491 g/mol. The number of fused-ring (bicyclic) bond motifs is 1. The normalized spacial score (nSPS) is 25.5. The number of carbonyl (C=O) groups is 1. The highest BCUT2D eigenvalue weighted by Gasteiger charge is 2.45. The molecule has 9 N–H and O–H groups in total. The van der Waals surface area contributed by atoms with Crippen molar-refractivity contribution in [1.29, 1.82) is 0 Å². The number of carbonyl (C=O) groups excluding carboxylic acids is 1. The van der Waals surface area contributed by atoms with Crippen LogP contribution in [0, 0.1) is 5.92 Å². The first-order chi connectivity index (χ1) is 15.0. The van der Waals surface area contributed by atoms with Gasteiger partial charge in [-0.25, -0.2) is 24.6 Å². The number of nitrogen functional groups attached to an aromatic ring is 1. The minimum atomic E-state index is -4.48. The first kappa shape index (κ1) is 27.0. The Labute approximate surface area is 189 Å². The van der Waals surface area contributed by atoms with Crippen LogP contribution < -0.4 is 17.0 Å². The Morgan fingerprint density at radius 1 is 1.33 bits per heavy atom. The molecule has 3 rings (SSSR count). The van der Waals surface area contributed by atoms with Crippen LogP contribution in [-0.2, 0) is 23.4 Å². The van der Waals surface area contributed by atoms with E-state index in [2.05, 4.69) is 24.8 Å². The molecule has 0 radical (unpaired) electrons. The van der Waals surface area contributed by atoms with E-state index in [-0.39, 0.29) is 30.0 Å². The second-order valence-electron chi connectivity index (χ2n) is 7.78. The summed E-state index contributed by atoms with van der Waals surface area (Å²) in [6.45, 7) is 3.13. The Kier molecular flexibility index (Phi) is 8.84. The van der Waals surface area contributed by atoms with Crippen molar-refractivity contribution in [2.24, 2.45) is 5.92 Å². The first-order valence-corrected chi connectivity index (χ1v) is 11.4. The van der Waals surface area contributed by atoms with Gasteiger partial charge in [0.2, 0.25) is 0 Å². The number of esters is 1. The summed E-state index contributed by atoms with van der Waals surface area (Å²) >= 11 is 0. The van der Waals surface area contributed by atoms with Gasteiger partial charge in [0, 0.05) is 0 Å². The van der Waals surface area contributed by atoms with Crippen molar-refractivity contribution in [1.82, 2.24) is 30.8 Å². The number of aliphatic hydroxyl groups excluding tert-OH is 2. The highest BCUT2D eigenvalue weighted by Crippen LogP contribution is 2.40. The summed E-state index contributed by atoms with van der Waals surface area (Å²) in [5.41, 5.74) is 6.33. The zero-order chi connectivity index (χ0) is 23.6. The lowest BCUT2D eigenvalue weighted by Gasteiger charge is -2.23. The molecule has 2 aromatic rings. The van der Waals surface area contributed by atoms with E-state index >= 15 is 0 Å². The highest BCUT2D eigenvalue weighted by atomic mass is 31.2. The van der Waals surface area contributed by atoms with Crippen LogP contribution in [0.25, 0.3) is 11.2 Å². The molecule has 0 aliphatic carbocycles. The second kappa shape index (κ2) is 10.8. The molecule has 186 valence electrons. The van der Waals surface area contributed by atoms with Crippen molar-refractivity contribution < 1.29 is 38.5 Å². The van der Waals surface area contributed by atoms with Gasteiger partial charge in [0.25, 0.3) is 0 Å². The van der Waals surface area contributed by atoms with E-state index in [1.165, 1.54) is 24.3 Å². The van der Waals surface area contributed by atoms with Crippen LogP contribution in [0.4, 0.5) is 5.82 Å². The van der Waals surface area contributed by atoms with Crippen molar-refractivity contribution in [3.63, 3.8) is 0 Å². The van der Waals surface area contributed by atoms with E-state index in [9.17, 15) is 24.5 Å². The fourth-order valence-corrected chi connectivity index (χ4v) is 4.41. The molecular weight excluding hydrogens is 461 g/mol. The zero-order valence-corrected chi connectivity index (χ0v) is 19.3. The van der Waals surface area contributed by atoms with Crippen molar-refractivity contribution >= 4 is 30.7 Å². The molecule has 1 aliphatic rings. The number of rotatable bonds is 9. The number of imidazole rings is 1. The Balaban J connectivity index is 0.00000385. The molecule has 1 unspecified atom stereocenters. The van der Waals surface area contributed by atoms with Gasteiger partial charge in [0.1, 0.15) is 36.2 Å². The standard InChI is InChI=1S/C17H27N6O8P.H3N/c1-8(2)4-9(17(26)29-3)22-32(27,28)30-5-10-12(24)13(25)16(31-10)23-7-21-11-14(18)19-6-20-15(11)23;/h6-10,12-13,16,24-25H,4-5H2,1-3H3,(H2,18,19,20)(H2,22,27,28);1H3/t9-,10+,12+,13+,16+;/m0./s1. The third-order valence-corrected chi connectivity index (χ3v) is 6.06. The smallest absolute Gasteiger partial charge is 0.403 e. The van der Waals surface area contributed by atoms with Crippen LogP contribution in [0.15, 0.2) is 12.7 Å². The van der Waals surface area contributed by atoms with E-state index in [1.807, 2.05) is 13.8 Å². The molecule has 0 aromatic carbocycles. The SMILES string of the molecule is COC(=O)[C@H](CC(C)C)NP(=O)(O)OC[C@H]1O[C@@H](n2cnc3c(N)ncnc32)[C@H](O)[C@@H]1O.N. The van der Waals surface area contributed by atoms with E-state index in [0.29, 0.717) is 5.52 Å². The highest BCUT2D eigenvalue weighted by molar-refractivity contribution is 7.50. The summed E-state index contributed by atoms with van der Waals surface area (Å²) in [7, 11) is -3.31. The van der Waals surface area contributed by atoms with Gasteiger partial charge < -0.3 is 36.5 Å². The van der Waals surface area contributed by atoms with Gasteiger partial charge in [0.05, 0.1) is 20.0 Å². The molecule has 6 atom stereocenters. The summed E-state index contributed by atoms with van der Waals surface area (Å²) in [5, 5.41) is 23.1. The Hall–Kier alpha value is -2.23. The third-order valence-electron chi connectivity index (χ3n) is 4.92. The number of aliphatic hydroxyl groups is 2.